The second-order valence-corrected chi connectivity index (χ2v) is 4.52. The molecule has 1 unspecified atom stereocenters. The van der Waals surface area contributed by atoms with Gasteiger partial charge in [-0.1, -0.05) is 25.5 Å². The summed E-state index contributed by atoms with van der Waals surface area (Å²) < 4.78 is 12.9. The van der Waals surface area contributed by atoms with E-state index in [9.17, 15) is 14.0 Å². The number of urea groups is 1. The first-order valence-electron chi connectivity index (χ1n) is 6.52. The SMILES string of the molecule is CCCC(CNC(=O)NCc1cccc(F)c1)C(=O)O. The maximum Gasteiger partial charge on any atom is 0.315 e. The predicted octanol–water partition coefficient (Wildman–Crippen LogP) is 2.13. The Hall–Kier alpha value is -2.11. The Morgan fingerprint density at radius 3 is 2.70 bits per heavy atom. The fourth-order valence-corrected chi connectivity index (χ4v) is 1.77. The fraction of sp³-hybridized carbons (Fsp3) is 0.429. The van der Waals surface area contributed by atoms with Gasteiger partial charge in [-0.15, -0.1) is 0 Å². The molecule has 0 aliphatic carbocycles. The zero-order chi connectivity index (χ0) is 15.0. The number of nitrogens with one attached hydrogen (secondary N) is 2. The number of carbonyl (C=O) groups is 2. The Balaban J connectivity index is 2.34. The van der Waals surface area contributed by atoms with Gasteiger partial charge in [0, 0.05) is 13.1 Å². The number of rotatable bonds is 7. The third kappa shape index (κ3) is 5.69. The van der Waals surface area contributed by atoms with E-state index in [1.54, 1.807) is 12.1 Å². The predicted molar refractivity (Wildman–Crippen MR) is 72.7 cm³/mol. The van der Waals surface area contributed by atoms with E-state index in [2.05, 4.69) is 10.6 Å². The average molecular weight is 282 g/mol. The van der Waals surface area contributed by atoms with Crippen molar-refractivity contribution < 1.29 is 19.1 Å². The van der Waals surface area contributed by atoms with Gasteiger partial charge in [0.15, 0.2) is 0 Å². The molecule has 0 bridgehead atoms. The summed E-state index contributed by atoms with van der Waals surface area (Å²) >= 11 is 0. The van der Waals surface area contributed by atoms with Crippen molar-refractivity contribution in [3.05, 3.63) is 35.6 Å². The van der Waals surface area contributed by atoms with E-state index >= 15 is 0 Å². The van der Waals surface area contributed by atoms with Gasteiger partial charge < -0.3 is 15.7 Å². The van der Waals surface area contributed by atoms with Crippen molar-refractivity contribution in [2.24, 2.45) is 5.92 Å². The van der Waals surface area contributed by atoms with Gasteiger partial charge in [-0.2, -0.15) is 0 Å². The molecule has 0 radical (unpaired) electrons. The molecule has 0 aromatic heterocycles. The number of aliphatic carboxylic acids is 1. The third-order valence-electron chi connectivity index (χ3n) is 2.84. The average Bonchev–Trinajstić information content (AvgIpc) is 2.41. The van der Waals surface area contributed by atoms with Gasteiger partial charge in [-0.05, 0) is 24.1 Å². The molecule has 20 heavy (non-hydrogen) atoms. The lowest BCUT2D eigenvalue weighted by Gasteiger charge is -2.13. The first-order valence-corrected chi connectivity index (χ1v) is 6.52. The molecule has 1 rings (SSSR count). The van der Waals surface area contributed by atoms with Gasteiger partial charge in [0.1, 0.15) is 5.82 Å². The van der Waals surface area contributed by atoms with Crippen molar-refractivity contribution in [3.8, 4) is 0 Å². The molecule has 0 saturated heterocycles. The van der Waals surface area contributed by atoms with E-state index in [0.29, 0.717) is 12.0 Å². The van der Waals surface area contributed by atoms with E-state index < -0.39 is 17.9 Å². The number of carbonyl (C=O) groups excluding carboxylic acids is 1. The molecule has 0 heterocycles. The molecule has 1 aromatic carbocycles. The molecule has 0 saturated carbocycles. The summed E-state index contributed by atoms with van der Waals surface area (Å²) in [5.41, 5.74) is 0.642. The normalized spacial score (nSPS) is 11.7. The number of hydrogen-bond acceptors (Lipinski definition) is 2. The van der Waals surface area contributed by atoms with Crippen molar-refractivity contribution in [3.63, 3.8) is 0 Å². The summed E-state index contributed by atoms with van der Waals surface area (Å²) in [5, 5.41) is 14.0. The van der Waals surface area contributed by atoms with Crippen LogP contribution < -0.4 is 10.6 Å². The molecule has 3 N–H and O–H groups in total. The van der Waals surface area contributed by atoms with Crippen molar-refractivity contribution in [2.45, 2.75) is 26.3 Å². The summed E-state index contributed by atoms with van der Waals surface area (Å²) in [6, 6.07) is 5.45. The van der Waals surface area contributed by atoms with Gasteiger partial charge in [0.2, 0.25) is 0 Å². The summed E-state index contributed by atoms with van der Waals surface area (Å²) in [4.78, 5) is 22.4. The van der Waals surface area contributed by atoms with Crippen LogP contribution in [0.3, 0.4) is 0 Å². The number of carboxylic acid groups (broad SMARTS) is 1. The summed E-state index contributed by atoms with van der Waals surface area (Å²) in [5.74, 6) is -1.87. The first kappa shape index (κ1) is 15.9. The number of halogens is 1. The van der Waals surface area contributed by atoms with Crippen molar-refractivity contribution >= 4 is 12.0 Å². The van der Waals surface area contributed by atoms with Crippen LogP contribution in [0.15, 0.2) is 24.3 Å². The highest BCUT2D eigenvalue weighted by molar-refractivity contribution is 5.75. The molecule has 1 atom stereocenters. The Morgan fingerprint density at radius 2 is 2.10 bits per heavy atom. The Bertz CT molecular complexity index is 465. The smallest absolute Gasteiger partial charge is 0.315 e. The highest BCUT2D eigenvalue weighted by Crippen LogP contribution is 2.05. The van der Waals surface area contributed by atoms with Crippen LogP contribution in [0, 0.1) is 11.7 Å². The number of carboxylic acids is 1. The van der Waals surface area contributed by atoms with Gasteiger partial charge in [0.25, 0.3) is 0 Å². The van der Waals surface area contributed by atoms with Crippen molar-refractivity contribution in [1.82, 2.24) is 10.6 Å². The Kier molecular flexibility index (Phi) is 6.49. The summed E-state index contributed by atoms with van der Waals surface area (Å²) in [6.45, 7) is 2.16. The van der Waals surface area contributed by atoms with Crippen LogP contribution in [0.1, 0.15) is 25.3 Å². The van der Waals surface area contributed by atoms with Crippen molar-refractivity contribution in [1.29, 1.82) is 0 Å². The number of hydrogen-bond donors (Lipinski definition) is 3. The maximum absolute atomic E-state index is 12.9. The van der Waals surface area contributed by atoms with Crippen LogP contribution in [-0.4, -0.2) is 23.7 Å². The fourth-order valence-electron chi connectivity index (χ4n) is 1.77. The van der Waals surface area contributed by atoms with Crippen molar-refractivity contribution in [2.75, 3.05) is 6.54 Å². The lowest BCUT2D eigenvalue weighted by Crippen LogP contribution is -2.39. The second-order valence-electron chi connectivity index (χ2n) is 4.52. The Labute approximate surface area is 117 Å². The molecule has 5 nitrogen and oxygen atoms in total. The largest absolute Gasteiger partial charge is 0.481 e. The maximum atomic E-state index is 12.9. The second kappa shape index (κ2) is 8.14. The van der Waals surface area contributed by atoms with Crippen LogP contribution in [-0.2, 0) is 11.3 Å². The molecule has 0 fully saturated rings. The van der Waals surface area contributed by atoms with Crippen LogP contribution >= 0.6 is 0 Å². The topological polar surface area (TPSA) is 78.4 Å². The monoisotopic (exact) mass is 282 g/mol. The molecular formula is C14H19FN2O3. The van der Waals surface area contributed by atoms with E-state index in [4.69, 9.17) is 5.11 Å². The van der Waals surface area contributed by atoms with Crippen LogP contribution in [0.5, 0.6) is 0 Å². The molecule has 2 amide bonds. The van der Waals surface area contributed by atoms with E-state index in [1.807, 2.05) is 6.92 Å². The molecule has 0 aliphatic heterocycles. The molecule has 110 valence electrons. The van der Waals surface area contributed by atoms with Gasteiger partial charge >= 0.3 is 12.0 Å². The van der Waals surface area contributed by atoms with E-state index in [-0.39, 0.29) is 18.9 Å². The highest BCUT2D eigenvalue weighted by atomic mass is 19.1. The first-order chi connectivity index (χ1) is 9.52. The van der Waals surface area contributed by atoms with Gasteiger partial charge in [-0.3, -0.25) is 4.79 Å². The van der Waals surface area contributed by atoms with E-state index in [1.165, 1.54) is 12.1 Å². The Morgan fingerprint density at radius 1 is 1.35 bits per heavy atom. The molecule has 0 aliphatic rings. The van der Waals surface area contributed by atoms with Gasteiger partial charge in [-0.25, -0.2) is 9.18 Å². The lowest BCUT2D eigenvalue weighted by molar-refractivity contribution is -0.141. The zero-order valence-electron chi connectivity index (χ0n) is 11.4. The molecule has 0 spiro atoms. The molecule has 1 aromatic rings. The van der Waals surface area contributed by atoms with Gasteiger partial charge in [0.05, 0.1) is 5.92 Å². The standard InChI is InChI=1S/C14H19FN2O3/c1-2-4-11(13(18)19)9-17-14(20)16-8-10-5-3-6-12(15)7-10/h3,5-7,11H,2,4,8-9H2,1H3,(H,18,19)(H2,16,17,20). The quantitative estimate of drug-likeness (QED) is 0.717. The van der Waals surface area contributed by atoms with Crippen LogP contribution in [0.4, 0.5) is 9.18 Å². The van der Waals surface area contributed by atoms with E-state index in [0.717, 1.165) is 6.42 Å². The van der Waals surface area contributed by atoms with Crippen LogP contribution in [0.25, 0.3) is 0 Å². The summed E-state index contributed by atoms with van der Waals surface area (Å²) in [7, 11) is 0. The third-order valence-corrected chi connectivity index (χ3v) is 2.84. The summed E-state index contributed by atoms with van der Waals surface area (Å²) in [6.07, 6.45) is 1.25. The highest BCUT2D eigenvalue weighted by Gasteiger charge is 2.16. The zero-order valence-corrected chi connectivity index (χ0v) is 11.4. The minimum Gasteiger partial charge on any atom is -0.481 e. The minimum atomic E-state index is -0.919. The lowest BCUT2D eigenvalue weighted by atomic mass is 10.0. The number of amides is 2. The number of benzene rings is 1. The molecule has 6 heteroatoms. The molecular weight excluding hydrogens is 263 g/mol. The minimum absolute atomic E-state index is 0.0815. The van der Waals surface area contributed by atoms with Crippen LogP contribution in [0.2, 0.25) is 0 Å².